The molecule has 0 radical (unpaired) electrons. The van der Waals surface area contributed by atoms with Crippen molar-refractivity contribution in [2.24, 2.45) is 5.41 Å². The Morgan fingerprint density at radius 3 is 2.93 bits per heavy atom. The van der Waals surface area contributed by atoms with Gasteiger partial charge in [0.15, 0.2) is 0 Å². The molecule has 0 spiro atoms. The number of pyridine rings is 1. The van der Waals surface area contributed by atoms with Gasteiger partial charge in [-0.2, -0.15) is 0 Å². The van der Waals surface area contributed by atoms with Crippen molar-refractivity contribution in [2.75, 3.05) is 0 Å². The van der Waals surface area contributed by atoms with E-state index in [2.05, 4.69) is 18.8 Å². The minimum absolute atomic E-state index is 0.195. The maximum absolute atomic E-state index is 11.1. The molecule has 0 unspecified atom stereocenters. The molecule has 0 aliphatic heterocycles. The van der Waals surface area contributed by atoms with Crippen molar-refractivity contribution < 1.29 is 9.90 Å². The highest BCUT2D eigenvalue weighted by atomic mass is 16.4. The second-order valence-corrected chi connectivity index (χ2v) is 4.93. The largest absolute Gasteiger partial charge is 0.478 e. The van der Waals surface area contributed by atoms with Gasteiger partial charge in [-0.25, -0.2) is 4.79 Å². The second-order valence-electron chi connectivity index (χ2n) is 4.93. The Morgan fingerprint density at radius 2 is 2.27 bits per heavy atom. The average Bonchev–Trinajstić information content (AvgIpc) is 2.15. The van der Waals surface area contributed by atoms with Gasteiger partial charge >= 0.3 is 5.97 Å². The number of hydrogen-bond donors (Lipinski definition) is 1. The molecular formula is C12H15NO2. The number of carboxylic acid groups (broad SMARTS) is 1. The van der Waals surface area contributed by atoms with E-state index in [1.165, 1.54) is 0 Å². The molecule has 0 atom stereocenters. The molecule has 0 bridgehead atoms. The molecule has 1 aliphatic carbocycles. The molecule has 2 rings (SSSR count). The van der Waals surface area contributed by atoms with Gasteiger partial charge in [0.05, 0.1) is 5.56 Å². The van der Waals surface area contributed by atoms with Crippen LogP contribution in [0.1, 0.15) is 41.9 Å². The van der Waals surface area contributed by atoms with E-state index >= 15 is 0 Å². The van der Waals surface area contributed by atoms with Crippen molar-refractivity contribution in [2.45, 2.75) is 33.1 Å². The van der Waals surface area contributed by atoms with Crippen LogP contribution in [-0.4, -0.2) is 16.1 Å². The lowest BCUT2D eigenvalue weighted by atomic mass is 9.75. The molecule has 1 N–H and O–H groups in total. The summed E-state index contributed by atoms with van der Waals surface area (Å²) in [5, 5.41) is 9.08. The smallest absolute Gasteiger partial charge is 0.336 e. The number of aryl methyl sites for hydroxylation is 1. The van der Waals surface area contributed by atoms with E-state index < -0.39 is 5.97 Å². The monoisotopic (exact) mass is 205 g/mol. The SMILES string of the molecule is CC1(C)CCc2nccc(C(=O)O)c2C1. The highest BCUT2D eigenvalue weighted by Gasteiger charge is 2.28. The molecule has 3 nitrogen and oxygen atoms in total. The predicted octanol–water partition coefficient (Wildman–Crippen LogP) is 2.29. The maximum atomic E-state index is 11.1. The van der Waals surface area contributed by atoms with E-state index in [0.29, 0.717) is 5.56 Å². The van der Waals surface area contributed by atoms with Gasteiger partial charge in [-0.3, -0.25) is 4.98 Å². The van der Waals surface area contributed by atoms with E-state index in [-0.39, 0.29) is 5.41 Å². The van der Waals surface area contributed by atoms with E-state index in [1.54, 1.807) is 12.3 Å². The van der Waals surface area contributed by atoms with Crippen molar-refractivity contribution in [1.29, 1.82) is 0 Å². The van der Waals surface area contributed by atoms with E-state index in [4.69, 9.17) is 5.11 Å². The summed E-state index contributed by atoms with van der Waals surface area (Å²) >= 11 is 0. The van der Waals surface area contributed by atoms with Crippen LogP contribution in [-0.2, 0) is 12.8 Å². The molecule has 3 heteroatoms. The molecule has 1 aliphatic rings. The van der Waals surface area contributed by atoms with Crippen LogP contribution >= 0.6 is 0 Å². The summed E-state index contributed by atoms with van der Waals surface area (Å²) in [4.78, 5) is 15.3. The fraction of sp³-hybridized carbons (Fsp3) is 0.500. The Labute approximate surface area is 89.2 Å². The van der Waals surface area contributed by atoms with Crippen molar-refractivity contribution in [3.63, 3.8) is 0 Å². The molecule has 0 amide bonds. The lowest BCUT2D eigenvalue weighted by molar-refractivity contribution is 0.0694. The van der Waals surface area contributed by atoms with Crippen LogP contribution in [0.4, 0.5) is 0 Å². The molecule has 0 saturated carbocycles. The van der Waals surface area contributed by atoms with E-state index in [1.807, 2.05) is 0 Å². The van der Waals surface area contributed by atoms with Crippen molar-refractivity contribution in [3.8, 4) is 0 Å². The zero-order valence-electron chi connectivity index (χ0n) is 9.08. The van der Waals surface area contributed by atoms with Crippen LogP contribution in [0.5, 0.6) is 0 Å². The van der Waals surface area contributed by atoms with Crippen LogP contribution in [0.2, 0.25) is 0 Å². The molecule has 80 valence electrons. The van der Waals surface area contributed by atoms with Crippen LogP contribution in [0.25, 0.3) is 0 Å². The predicted molar refractivity (Wildman–Crippen MR) is 57.0 cm³/mol. The Hall–Kier alpha value is -1.38. The van der Waals surface area contributed by atoms with Crippen LogP contribution in [0.3, 0.4) is 0 Å². The highest BCUT2D eigenvalue weighted by molar-refractivity contribution is 5.89. The average molecular weight is 205 g/mol. The Kier molecular flexibility index (Phi) is 2.25. The Morgan fingerprint density at radius 1 is 1.53 bits per heavy atom. The summed E-state index contributed by atoms with van der Waals surface area (Å²) in [6, 6.07) is 1.60. The Bertz CT molecular complexity index is 410. The van der Waals surface area contributed by atoms with Gasteiger partial charge < -0.3 is 5.11 Å². The van der Waals surface area contributed by atoms with E-state index in [0.717, 1.165) is 30.5 Å². The zero-order valence-corrected chi connectivity index (χ0v) is 9.08. The quantitative estimate of drug-likeness (QED) is 0.765. The number of carbonyl (C=O) groups is 1. The van der Waals surface area contributed by atoms with Gasteiger partial charge in [0, 0.05) is 11.9 Å². The molecule has 0 aromatic carbocycles. The number of rotatable bonds is 1. The molecular weight excluding hydrogens is 190 g/mol. The van der Waals surface area contributed by atoms with Crippen molar-refractivity contribution in [1.82, 2.24) is 4.98 Å². The summed E-state index contributed by atoms with van der Waals surface area (Å²) in [5.41, 5.74) is 2.52. The first-order valence-electron chi connectivity index (χ1n) is 5.20. The molecule has 0 fully saturated rings. The van der Waals surface area contributed by atoms with E-state index in [9.17, 15) is 4.79 Å². The lowest BCUT2D eigenvalue weighted by Crippen LogP contribution is -2.25. The van der Waals surface area contributed by atoms with Gasteiger partial charge in [-0.1, -0.05) is 13.8 Å². The fourth-order valence-electron chi connectivity index (χ4n) is 2.17. The van der Waals surface area contributed by atoms with Crippen molar-refractivity contribution in [3.05, 3.63) is 29.1 Å². The topological polar surface area (TPSA) is 50.2 Å². The van der Waals surface area contributed by atoms with Crippen molar-refractivity contribution >= 4 is 5.97 Å². The minimum Gasteiger partial charge on any atom is -0.478 e. The van der Waals surface area contributed by atoms with Gasteiger partial charge in [-0.05, 0) is 36.3 Å². The first-order chi connectivity index (χ1) is 6.99. The first kappa shape index (κ1) is 10.1. The van der Waals surface area contributed by atoms with Crippen LogP contribution in [0.15, 0.2) is 12.3 Å². The van der Waals surface area contributed by atoms with Gasteiger partial charge in [-0.15, -0.1) is 0 Å². The minimum atomic E-state index is -0.841. The fourth-order valence-corrected chi connectivity index (χ4v) is 2.17. The van der Waals surface area contributed by atoms with Crippen LogP contribution < -0.4 is 0 Å². The summed E-state index contributed by atoms with van der Waals surface area (Å²) in [5.74, 6) is -0.841. The van der Waals surface area contributed by atoms with Gasteiger partial charge in [0.2, 0.25) is 0 Å². The zero-order chi connectivity index (χ0) is 11.1. The number of fused-ring (bicyclic) bond motifs is 1. The molecule has 15 heavy (non-hydrogen) atoms. The standard InChI is InChI=1S/C12H15NO2/c1-12(2)5-3-10-9(7-12)8(11(14)15)4-6-13-10/h4,6H,3,5,7H2,1-2H3,(H,14,15). The van der Waals surface area contributed by atoms with Crippen LogP contribution in [0, 0.1) is 5.41 Å². The third kappa shape index (κ3) is 1.87. The molecule has 0 saturated heterocycles. The first-order valence-corrected chi connectivity index (χ1v) is 5.20. The summed E-state index contributed by atoms with van der Waals surface area (Å²) in [6.45, 7) is 4.35. The molecule has 1 aromatic rings. The number of aromatic nitrogens is 1. The lowest BCUT2D eigenvalue weighted by Gasteiger charge is -2.31. The summed E-state index contributed by atoms with van der Waals surface area (Å²) < 4.78 is 0. The number of hydrogen-bond acceptors (Lipinski definition) is 2. The summed E-state index contributed by atoms with van der Waals surface area (Å²) in [7, 11) is 0. The van der Waals surface area contributed by atoms with Gasteiger partial charge in [0.25, 0.3) is 0 Å². The normalized spacial score (nSPS) is 18.3. The maximum Gasteiger partial charge on any atom is 0.336 e. The third-order valence-electron chi connectivity index (χ3n) is 3.07. The highest BCUT2D eigenvalue weighted by Crippen LogP contribution is 2.35. The number of carboxylic acids is 1. The third-order valence-corrected chi connectivity index (χ3v) is 3.07. The molecule has 1 aromatic heterocycles. The number of nitrogens with zero attached hydrogens (tertiary/aromatic N) is 1. The number of aromatic carboxylic acids is 1. The molecule has 1 heterocycles. The second kappa shape index (κ2) is 3.33. The van der Waals surface area contributed by atoms with Gasteiger partial charge in [0.1, 0.15) is 0 Å². The Balaban J connectivity index is 2.50. The summed E-state index contributed by atoms with van der Waals surface area (Å²) in [6.07, 6.45) is 4.39.